The molecule has 2 saturated carbocycles. The van der Waals surface area contributed by atoms with Crippen molar-refractivity contribution in [2.24, 2.45) is 17.3 Å². The van der Waals surface area contributed by atoms with Gasteiger partial charge in [-0.15, -0.1) is 0 Å². The SMILES string of the molecule is O=C(O)C(O)C(C(=O)O)C12CCC(CC1)C2. The summed E-state index contributed by atoms with van der Waals surface area (Å²) in [6.07, 6.45) is 2.38. The lowest BCUT2D eigenvalue weighted by Crippen LogP contribution is -2.44. The molecule has 90 valence electrons. The Morgan fingerprint density at radius 3 is 2.00 bits per heavy atom. The van der Waals surface area contributed by atoms with Crippen LogP contribution in [0.2, 0.25) is 0 Å². The summed E-state index contributed by atoms with van der Waals surface area (Å²) in [6.45, 7) is 0. The van der Waals surface area contributed by atoms with E-state index in [2.05, 4.69) is 0 Å². The fourth-order valence-corrected chi connectivity index (χ4v) is 3.55. The summed E-state index contributed by atoms with van der Waals surface area (Å²) in [7, 11) is 0. The molecule has 16 heavy (non-hydrogen) atoms. The van der Waals surface area contributed by atoms with Crippen molar-refractivity contribution >= 4 is 11.9 Å². The molecule has 2 aliphatic carbocycles. The fourth-order valence-electron chi connectivity index (χ4n) is 3.55. The van der Waals surface area contributed by atoms with Crippen molar-refractivity contribution in [1.82, 2.24) is 0 Å². The molecule has 2 bridgehead atoms. The van der Waals surface area contributed by atoms with E-state index >= 15 is 0 Å². The predicted molar refractivity (Wildman–Crippen MR) is 53.8 cm³/mol. The lowest BCUT2D eigenvalue weighted by Gasteiger charge is -2.34. The zero-order valence-electron chi connectivity index (χ0n) is 8.93. The molecule has 0 aromatic carbocycles. The highest BCUT2D eigenvalue weighted by atomic mass is 16.4. The van der Waals surface area contributed by atoms with Crippen LogP contribution in [0.3, 0.4) is 0 Å². The van der Waals surface area contributed by atoms with E-state index in [1.165, 1.54) is 0 Å². The minimum Gasteiger partial charge on any atom is -0.481 e. The third-order valence-electron chi connectivity index (χ3n) is 4.29. The van der Waals surface area contributed by atoms with Gasteiger partial charge in [0.15, 0.2) is 6.10 Å². The maximum Gasteiger partial charge on any atom is 0.333 e. The van der Waals surface area contributed by atoms with Gasteiger partial charge in [0.25, 0.3) is 0 Å². The van der Waals surface area contributed by atoms with Gasteiger partial charge < -0.3 is 15.3 Å². The number of carboxylic acids is 2. The Balaban J connectivity index is 2.26. The summed E-state index contributed by atoms with van der Waals surface area (Å²) in [4.78, 5) is 22.0. The minimum absolute atomic E-state index is 0.478. The Kier molecular flexibility index (Phi) is 2.66. The van der Waals surface area contributed by atoms with Crippen molar-refractivity contribution < 1.29 is 24.9 Å². The van der Waals surface area contributed by atoms with Gasteiger partial charge in [-0.2, -0.15) is 0 Å². The molecule has 5 nitrogen and oxygen atoms in total. The normalized spacial score (nSPS) is 35.9. The number of aliphatic carboxylic acids is 2. The number of fused-ring (bicyclic) bond motifs is 2. The second-order valence-electron chi connectivity index (χ2n) is 5.11. The lowest BCUT2D eigenvalue weighted by atomic mass is 9.70. The van der Waals surface area contributed by atoms with Gasteiger partial charge in [0.2, 0.25) is 0 Å². The van der Waals surface area contributed by atoms with Crippen molar-refractivity contribution in [3.8, 4) is 0 Å². The van der Waals surface area contributed by atoms with Crippen LogP contribution in [0.25, 0.3) is 0 Å². The van der Waals surface area contributed by atoms with E-state index in [0.29, 0.717) is 5.92 Å². The molecule has 0 spiro atoms. The molecule has 3 N–H and O–H groups in total. The molecule has 0 aromatic heterocycles. The molecule has 0 aliphatic heterocycles. The van der Waals surface area contributed by atoms with E-state index in [1.54, 1.807) is 0 Å². The molecule has 2 aliphatic rings. The second kappa shape index (κ2) is 3.73. The average molecular weight is 228 g/mol. The Bertz CT molecular complexity index is 316. The monoisotopic (exact) mass is 228 g/mol. The molecule has 0 radical (unpaired) electrons. The lowest BCUT2D eigenvalue weighted by molar-refractivity contribution is -0.166. The summed E-state index contributed by atoms with van der Waals surface area (Å²) in [5.74, 6) is -3.24. The minimum atomic E-state index is -1.78. The van der Waals surface area contributed by atoms with Gasteiger partial charge in [0.05, 0.1) is 5.92 Å². The van der Waals surface area contributed by atoms with Crippen molar-refractivity contribution in [2.75, 3.05) is 0 Å². The quantitative estimate of drug-likeness (QED) is 0.658. The number of hydrogen-bond donors (Lipinski definition) is 3. The smallest absolute Gasteiger partial charge is 0.333 e. The van der Waals surface area contributed by atoms with Gasteiger partial charge in [-0.3, -0.25) is 4.79 Å². The molecular weight excluding hydrogens is 212 g/mol. The Morgan fingerprint density at radius 2 is 1.69 bits per heavy atom. The van der Waals surface area contributed by atoms with Crippen LogP contribution in [0, 0.1) is 17.3 Å². The van der Waals surface area contributed by atoms with Crippen LogP contribution in [-0.4, -0.2) is 33.4 Å². The highest BCUT2D eigenvalue weighted by Gasteiger charge is 2.55. The summed E-state index contributed by atoms with van der Waals surface area (Å²) < 4.78 is 0. The highest BCUT2D eigenvalue weighted by molar-refractivity contribution is 5.82. The molecular formula is C11H16O5. The Morgan fingerprint density at radius 1 is 1.12 bits per heavy atom. The number of aliphatic hydroxyl groups is 1. The highest BCUT2D eigenvalue weighted by Crippen LogP contribution is 2.58. The van der Waals surface area contributed by atoms with Gasteiger partial charge in [-0.05, 0) is 43.4 Å². The molecule has 0 heterocycles. The van der Waals surface area contributed by atoms with E-state index in [9.17, 15) is 14.7 Å². The fraction of sp³-hybridized carbons (Fsp3) is 0.818. The topological polar surface area (TPSA) is 94.8 Å². The predicted octanol–water partition coefficient (Wildman–Crippen LogP) is 0.713. The largest absolute Gasteiger partial charge is 0.481 e. The van der Waals surface area contributed by atoms with Crippen LogP contribution in [-0.2, 0) is 9.59 Å². The van der Waals surface area contributed by atoms with Gasteiger partial charge in [0.1, 0.15) is 0 Å². The van der Waals surface area contributed by atoms with Crippen LogP contribution in [0.4, 0.5) is 0 Å². The summed E-state index contributed by atoms with van der Waals surface area (Å²) in [5.41, 5.74) is -0.478. The van der Waals surface area contributed by atoms with Crippen LogP contribution in [0.1, 0.15) is 32.1 Å². The van der Waals surface area contributed by atoms with E-state index < -0.39 is 29.4 Å². The van der Waals surface area contributed by atoms with Crippen LogP contribution in [0.5, 0.6) is 0 Å². The summed E-state index contributed by atoms with van der Waals surface area (Å²) in [6, 6.07) is 0. The maximum atomic E-state index is 11.2. The maximum absolute atomic E-state index is 11.2. The van der Waals surface area contributed by atoms with E-state index in [-0.39, 0.29) is 0 Å². The van der Waals surface area contributed by atoms with Crippen molar-refractivity contribution in [3.05, 3.63) is 0 Å². The van der Waals surface area contributed by atoms with Crippen molar-refractivity contribution in [2.45, 2.75) is 38.2 Å². The molecule has 2 fully saturated rings. The molecule has 0 aromatic rings. The van der Waals surface area contributed by atoms with E-state index in [4.69, 9.17) is 10.2 Å². The number of carboxylic acid groups (broad SMARTS) is 2. The second-order valence-corrected chi connectivity index (χ2v) is 5.11. The third kappa shape index (κ3) is 1.59. The zero-order valence-corrected chi connectivity index (χ0v) is 8.93. The number of aliphatic hydroxyl groups excluding tert-OH is 1. The molecule has 0 amide bonds. The first kappa shape index (κ1) is 11.4. The van der Waals surface area contributed by atoms with Gasteiger partial charge in [-0.1, -0.05) is 0 Å². The first-order valence-electron chi connectivity index (χ1n) is 5.60. The summed E-state index contributed by atoms with van der Waals surface area (Å²) >= 11 is 0. The standard InChI is InChI=1S/C11H16O5/c12-8(10(15)16)7(9(13)14)11-3-1-6(5-11)2-4-11/h6-8,12H,1-5H2,(H,13,14)(H,15,16). The number of carbonyl (C=O) groups is 2. The molecule has 5 heteroatoms. The first-order chi connectivity index (χ1) is 7.46. The molecule has 2 rings (SSSR count). The van der Waals surface area contributed by atoms with Crippen LogP contribution >= 0.6 is 0 Å². The molecule has 0 saturated heterocycles. The van der Waals surface area contributed by atoms with E-state index in [0.717, 1.165) is 32.1 Å². The zero-order chi connectivity index (χ0) is 11.9. The van der Waals surface area contributed by atoms with Gasteiger partial charge in [0, 0.05) is 0 Å². The first-order valence-corrected chi connectivity index (χ1v) is 5.60. The number of rotatable bonds is 4. The van der Waals surface area contributed by atoms with Gasteiger partial charge >= 0.3 is 11.9 Å². The Hall–Kier alpha value is -1.10. The summed E-state index contributed by atoms with van der Waals surface area (Å²) in [5, 5.41) is 27.5. The van der Waals surface area contributed by atoms with Crippen LogP contribution in [0.15, 0.2) is 0 Å². The van der Waals surface area contributed by atoms with Crippen molar-refractivity contribution in [3.63, 3.8) is 0 Å². The molecule has 2 atom stereocenters. The van der Waals surface area contributed by atoms with Crippen LogP contribution < -0.4 is 0 Å². The number of hydrogen-bond acceptors (Lipinski definition) is 3. The average Bonchev–Trinajstić information content (AvgIpc) is 2.77. The van der Waals surface area contributed by atoms with Gasteiger partial charge in [-0.25, -0.2) is 4.79 Å². The Labute approximate surface area is 93.1 Å². The molecule has 2 unspecified atom stereocenters. The van der Waals surface area contributed by atoms with E-state index in [1.807, 2.05) is 0 Å². The third-order valence-corrected chi connectivity index (χ3v) is 4.29. The van der Waals surface area contributed by atoms with Crippen molar-refractivity contribution in [1.29, 1.82) is 0 Å².